The van der Waals surface area contributed by atoms with Gasteiger partial charge in [0.2, 0.25) is 15.9 Å². The summed E-state index contributed by atoms with van der Waals surface area (Å²) >= 11 is 5.92. The maximum Gasteiger partial charge on any atom is 0.241 e. The molecule has 0 aliphatic carbocycles. The summed E-state index contributed by atoms with van der Waals surface area (Å²) < 4.78 is 31.0. The van der Waals surface area contributed by atoms with Crippen LogP contribution in [0.5, 0.6) is 0 Å². The molecule has 0 unspecified atom stereocenters. The van der Waals surface area contributed by atoms with Gasteiger partial charge in [0.15, 0.2) is 0 Å². The number of amides is 1. The molecule has 0 spiro atoms. The van der Waals surface area contributed by atoms with Crippen LogP contribution < -0.4 is 15.8 Å². The van der Waals surface area contributed by atoms with Crippen LogP contribution >= 0.6 is 11.6 Å². The molecule has 0 bridgehead atoms. The topological polar surface area (TPSA) is 111 Å². The van der Waals surface area contributed by atoms with Gasteiger partial charge in [-0.05, 0) is 17.7 Å². The molecule has 0 fully saturated rings. The average molecular weight is 336 g/mol. The van der Waals surface area contributed by atoms with Crippen LogP contribution in [0.4, 0.5) is 0 Å². The third-order valence-electron chi connectivity index (χ3n) is 2.61. The number of nitrogens with two attached hydrogens (primary N) is 1. The Labute approximate surface area is 128 Å². The predicted molar refractivity (Wildman–Crippen MR) is 79.4 cm³/mol. The Morgan fingerprint density at radius 3 is 2.71 bits per heavy atom. The van der Waals surface area contributed by atoms with Gasteiger partial charge in [-0.15, -0.1) is 0 Å². The molecule has 1 aromatic carbocycles. The van der Waals surface area contributed by atoms with Crippen LogP contribution in [0.1, 0.15) is 5.56 Å². The van der Waals surface area contributed by atoms with Crippen molar-refractivity contribution in [1.82, 2.24) is 10.0 Å². The SMILES string of the molecule is COCCNC(=O)CNS(=O)(=O)c1ccc(CN)c(Cl)c1. The summed E-state index contributed by atoms with van der Waals surface area (Å²) in [6.45, 7) is 0.527. The van der Waals surface area contributed by atoms with Crippen LogP contribution in [0.3, 0.4) is 0 Å². The third-order valence-corrected chi connectivity index (χ3v) is 4.36. The number of nitrogens with one attached hydrogen (secondary N) is 2. The van der Waals surface area contributed by atoms with E-state index in [0.29, 0.717) is 18.7 Å². The minimum absolute atomic E-state index is 0.0191. The summed E-state index contributed by atoms with van der Waals surface area (Å²) in [5, 5.41) is 2.77. The van der Waals surface area contributed by atoms with Gasteiger partial charge < -0.3 is 15.8 Å². The van der Waals surface area contributed by atoms with Crippen molar-refractivity contribution in [2.45, 2.75) is 11.4 Å². The first kappa shape index (κ1) is 17.9. The van der Waals surface area contributed by atoms with Crippen molar-refractivity contribution in [2.75, 3.05) is 26.8 Å². The highest BCUT2D eigenvalue weighted by Crippen LogP contribution is 2.20. The van der Waals surface area contributed by atoms with Gasteiger partial charge in [-0.25, -0.2) is 13.1 Å². The molecule has 0 atom stereocenters. The second-order valence-electron chi connectivity index (χ2n) is 4.12. The summed E-state index contributed by atoms with van der Waals surface area (Å²) in [6.07, 6.45) is 0. The third kappa shape index (κ3) is 5.60. The van der Waals surface area contributed by atoms with Gasteiger partial charge in [-0.2, -0.15) is 0 Å². The number of benzene rings is 1. The van der Waals surface area contributed by atoms with E-state index in [1.807, 2.05) is 0 Å². The van der Waals surface area contributed by atoms with E-state index in [2.05, 4.69) is 10.0 Å². The minimum atomic E-state index is -3.80. The van der Waals surface area contributed by atoms with E-state index in [0.717, 1.165) is 0 Å². The number of hydrogen-bond donors (Lipinski definition) is 3. The molecule has 118 valence electrons. The number of carbonyl (C=O) groups excluding carboxylic acids is 1. The van der Waals surface area contributed by atoms with Crippen molar-refractivity contribution in [3.05, 3.63) is 28.8 Å². The molecular weight excluding hydrogens is 318 g/mol. The Morgan fingerprint density at radius 2 is 2.14 bits per heavy atom. The Kier molecular flexibility index (Phi) is 7.06. The van der Waals surface area contributed by atoms with Gasteiger partial charge in [0, 0.05) is 25.2 Å². The zero-order valence-electron chi connectivity index (χ0n) is 11.6. The molecule has 1 amide bonds. The first-order valence-corrected chi connectivity index (χ1v) is 8.00. The normalized spacial score (nSPS) is 11.4. The fraction of sp³-hybridized carbons (Fsp3) is 0.417. The van der Waals surface area contributed by atoms with Crippen molar-refractivity contribution < 1.29 is 17.9 Å². The smallest absolute Gasteiger partial charge is 0.241 e. The first-order chi connectivity index (χ1) is 9.90. The molecule has 1 aromatic rings. The van der Waals surface area contributed by atoms with Gasteiger partial charge in [0.05, 0.1) is 18.0 Å². The molecule has 0 saturated heterocycles. The molecule has 4 N–H and O–H groups in total. The van der Waals surface area contributed by atoms with Crippen LogP contribution in [-0.4, -0.2) is 41.1 Å². The Bertz CT molecular complexity index is 592. The van der Waals surface area contributed by atoms with Crippen LogP contribution in [0, 0.1) is 0 Å². The lowest BCUT2D eigenvalue weighted by Crippen LogP contribution is -2.38. The highest BCUT2D eigenvalue weighted by molar-refractivity contribution is 7.89. The van der Waals surface area contributed by atoms with Gasteiger partial charge in [-0.3, -0.25) is 4.79 Å². The largest absolute Gasteiger partial charge is 0.383 e. The molecule has 7 nitrogen and oxygen atoms in total. The van der Waals surface area contributed by atoms with Gasteiger partial charge in [0.1, 0.15) is 0 Å². The minimum Gasteiger partial charge on any atom is -0.383 e. The molecule has 0 aliphatic rings. The van der Waals surface area contributed by atoms with Crippen molar-refractivity contribution in [2.24, 2.45) is 5.73 Å². The standard InChI is InChI=1S/C12H18ClN3O4S/c1-20-5-4-15-12(17)8-16-21(18,19)10-3-2-9(7-14)11(13)6-10/h2-3,6,16H,4-5,7-8,14H2,1H3,(H,15,17). The second kappa shape index (κ2) is 8.30. The molecule has 0 aromatic heterocycles. The van der Waals surface area contributed by atoms with Crippen molar-refractivity contribution in [1.29, 1.82) is 0 Å². The highest BCUT2D eigenvalue weighted by Gasteiger charge is 2.16. The van der Waals surface area contributed by atoms with E-state index < -0.39 is 15.9 Å². The average Bonchev–Trinajstić information content (AvgIpc) is 2.45. The number of methoxy groups -OCH3 is 1. The second-order valence-corrected chi connectivity index (χ2v) is 6.30. The van der Waals surface area contributed by atoms with E-state index >= 15 is 0 Å². The zero-order valence-corrected chi connectivity index (χ0v) is 13.1. The summed E-state index contributed by atoms with van der Waals surface area (Å²) in [7, 11) is -2.30. The summed E-state index contributed by atoms with van der Waals surface area (Å²) in [4.78, 5) is 11.4. The van der Waals surface area contributed by atoms with Gasteiger partial charge in [0.25, 0.3) is 0 Å². The fourth-order valence-corrected chi connectivity index (χ4v) is 2.79. The summed E-state index contributed by atoms with van der Waals surface area (Å²) in [6, 6.07) is 4.23. The summed E-state index contributed by atoms with van der Waals surface area (Å²) in [5.41, 5.74) is 6.10. The van der Waals surface area contributed by atoms with Gasteiger partial charge >= 0.3 is 0 Å². The van der Waals surface area contributed by atoms with E-state index in [1.165, 1.54) is 25.3 Å². The predicted octanol–water partition coefficient (Wildman–Crippen LogP) is -0.160. The molecular formula is C12H18ClN3O4S. The number of sulfonamides is 1. The Balaban J connectivity index is 2.65. The molecule has 0 radical (unpaired) electrons. The molecule has 9 heteroatoms. The van der Waals surface area contributed by atoms with Gasteiger partial charge in [-0.1, -0.05) is 17.7 Å². The maximum absolute atomic E-state index is 12.0. The van der Waals surface area contributed by atoms with Crippen LogP contribution in [0.2, 0.25) is 5.02 Å². The zero-order chi connectivity index (χ0) is 15.9. The number of rotatable bonds is 8. The van der Waals surface area contributed by atoms with Crippen LogP contribution in [0.25, 0.3) is 0 Å². The van der Waals surface area contributed by atoms with E-state index in [1.54, 1.807) is 0 Å². The van der Waals surface area contributed by atoms with Crippen molar-refractivity contribution in [3.8, 4) is 0 Å². The Morgan fingerprint density at radius 1 is 1.43 bits per heavy atom. The van der Waals surface area contributed by atoms with Crippen LogP contribution in [-0.2, 0) is 26.1 Å². The molecule has 21 heavy (non-hydrogen) atoms. The Hall–Kier alpha value is -1.19. The van der Waals surface area contributed by atoms with E-state index in [-0.39, 0.29) is 23.0 Å². The van der Waals surface area contributed by atoms with Crippen molar-refractivity contribution in [3.63, 3.8) is 0 Å². The number of halogens is 1. The molecule has 1 rings (SSSR count). The first-order valence-electron chi connectivity index (χ1n) is 6.14. The lowest BCUT2D eigenvalue weighted by Gasteiger charge is -2.09. The maximum atomic E-state index is 12.0. The monoisotopic (exact) mass is 335 g/mol. The summed E-state index contributed by atoms with van der Waals surface area (Å²) in [5.74, 6) is -0.444. The molecule has 0 saturated carbocycles. The van der Waals surface area contributed by atoms with Crippen LogP contribution in [0.15, 0.2) is 23.1 Å². The number of hydrogen-bond acceptors (Lipinski definition) is 5. The van der Waals surface area contributed by atoms with E-state index in [9.17, 15) is 13.2 Å². The lowest BCUT2D eigenvalue weighted by atomic mass is 10.2. The molecule has 0 aliphatic heterocycles. The molecule has 0 heterocycles. The quantitative estimate of drug-likeness (QED) is 0.572. The van der Waals surface area contributed by atoms with Crippen molar-refractivity contribution >= 4 is 27.5 Å². The lowest BCUT2D eigenvalue weighted by molar-refractivity contribution is -0.120. The highest BCUT2D eigenvalue weighted by atomic mass is 35.5. The number of ether oxygens (including phenoxy) is 1. The fourth-order valence-electron chi connectivity index (χ4n) is 1.46. The van der Waals surface area contributed by atoms with E-state index in [4.69, 9.17) is 22.1 Å². The number of carbonyl (C=O) groups is 1.